The molecule has 4 N–H and O–H groups in total. The number of benzene rings is 2. The van der Waals surface area contributed by atoms with Crippen molar-refractivity contribution in [1.29, 1.82) is 0 Å². The standard InChI is InChI=1S/C24H25ClN2O7S2/c1-14-4-8-18(9-5-14)36(33,34)15(2)23(29)27-21-13-22(28)19(12-20(21)25)24(30)26-16-6-10-17(11-7-16)35(3,31)32/h4-11,13,15,26,28,30H,12H2,1-3H3,(H,27,29). The molecule has 2 aromatic carbocycles. The van der Waals surface area contributed by atoms with Gasteiger partial charge in [-0.25, -0.2) is 16.8 Å². The number of halogens is 1. The van der Waals surface area contributed by atoms with Gasteiger partial charge >= 0.3 is 0 Å². The molecule has 1 aliphatic rings. The van der Waals surface area contributed by atoms with E-state index in [9.17, 15) is 31.8 Å². The molecule has 1 amide bonds. The average Bonchev–Trinajstić information content (AvgIpc) is 2.80. The van der Waals surface area contributed by atoms with Crippen LogP contribution in [0.5, 0.6) is 0 Å². The predicted molar refractivity (Wildman–Crippen MR) is 137 cm³/mol. The smallest absolute Gasteiger partial charge is 0.242 e. The number of rotatable bonds is 7. The Kier molecular flexibility index (Phi) is 7.87. The normalized spacial score (nSPS) is 16.7. The molecule has 2 aromatic rings. The summed E-state index contributed by atoms with van der Waals surface area (Å²) >= 11 is 6.28. The molecule has 0 heterocycles. The number of aryl methyl sites for hydroxylation is 1. The third-order valence-corrected chi connectivity index (χ3v) is 9.03. The van der Waals surface area contributed by atoms with Gasteiger partial charge in [0.2, 0.25) is 5.91 Å². The fourth-order valence-electron chi connectivity index (χ4n) is 3.26. The third-order valence-electron chi connectivity index (χ3n) is 5.49. The molecule has 1 unspecified atom stereocenters. The molecule has 0 fully saturated rings. The molecule has 0 saturated carbocycles. The number of aliphatic hydroxyl groups excluding tert-OH is 2. The fourth-order valence-corrected chi connectivity index (χ4v) is 5.39. The summed E-state index contributed by atoms with van der Waals surface area (Å²) < 4.78 is 48.8. The summed E-state index contributed by atoms with van der Waals surface area (Å²) in [6, 6.07) is 11.7. The summed E-state index contributed by atoms with van der Waals surface area (Å²) in [6.07, 6.45) is 2.01. The molecule has 12 heteroatoms. The molecule has 9 nitrogen and oxygen atoms in total. The Balaban J connectivity index is 1.75. The molecule has 0 aliphatic heterocycles. The molecule has 0 radical (unpaired) electrons. The van der Waals surface area contributed by atoms with E-state index in [4.69, 9.17) is 11.6 Å². The van der Waals surface area contributed by atoms with E-state index >= 15 is 0 Å². The maximum Gasteiger partial charge on any atom is 0.242 e. The Labute approximate surface area is 214 Å². The highest BCUT2D eigenvalue weighted by Crippen LogP contribution is 2.31. The number of amides is 1. The molecule has 0 bridgehead atoms. The van der Waals surface area contributed by atoms with Crippen molar-refractivity contribution in [3.05, 3.63) is 88.1 Å². The van der Waals surface area contributed by atoms with Crippen molar-refractivity contribution < 1.29 is 31.8 Å². The second-order valence-corrected chi connectivity index (χ2v) is 13.0. The minimum Gasteiger partial charge on any atom is -0.507 e. The van der Waals surface area contributed by atoms with E-state index in [2.05, 4.69) is 10.6 Å². The highest BCUT2D eigenvalue weighted by atomic mass is 35.5. The van der Waals surface area contributed by atoms with Crippen LogP contribution >= 0.6 is 11.6 Å². The summed E-state index contributed by atoms with van der Waals surface area (Å²) in [4.78, 5) is 12.8. The topological polar surface area (TPSA) is 150 Å². The maximum atomic E-state index is 12.8. The van der Waals surface area contributed by atoms with E-state index < -0.39 is 42.5 Å². The summed E-state index contributed by atoms with van der Waals surface area (Å²) in [5.41, 5.74) is 1.25. The van der Waals surface area contributed by atoms with Crippen LogP contribution in [-0.4, -0.2) is 44.5 Å². The lowest BCUT2D eigenvalue weighted by Gasteiger charge is -2.20. The maximum absolute atomic E-state index is 12.8. The minimum atomic E-state index is -3.97. The Hall–Kier alpha value is -3.28. The monoisotopic (exact) mass is 552 g/mol. The molecule has 3 rings (SSSR count). The number of carbonyl (C=O) groups excluding carboxylic acids is 1. The van der Waals surface area contributed by atoms with Crippen molar-refractivity contribution in [2.75, 3.05) is 11.6 Å². The number of anilines is 1. The number of sulfone groups is 2. The molecule has 192 valence electrons. The van der Waals surface area contributed by atoms with E-state index in [1.54, 1.807) is 12.1 Å². The Morgan fingerprint density at radius 1 is 0.972 bits per heavy atom. The van der Waals surface area contributed by atoms with E-state index in [0.717, 1.165) is 17.9 Å². The second kappa shape index (κ2) is 10.4. The van der Waals surface area contributed by atoms with Crippen molar-refractivity contribution in [1.82, 2.24) is 5.32 Å². The molecular formula is C24H25ClN2O7S2. The van der Waals surface area contributed by atoms with E-state index in [1.165, 1.54) is 43.3 Å². The van der Waals surface area contributed by atoms with Gasteiger partial charge in [-0.15, -0.1) is 0 Å². The Morgan fingerprint density at radius 2 is 1.53 bits per heavy atom. The molecule has 1 aliphatic carbocycles. The van der Waals surface area contributed by atoms with Gasteiger partial charge in [0, 0.05) is 29.5 Å². The van der Waals surface area contributed by atoms with Crippen molar-refractivity contribution in [3.63, 3.8) is 0 Å². The Bertz CT molecular complexity index is 1490. The third kappa shape index (κ3) is 6.10. The molecule has 36 heavy (non-hydrogen) atoms. The Morgan fingerprint density at radius 3 is 2.08 bits per heavy atom. The summed E-state index contributed by atoms with van der Waals surface area (Å²) in [5.74, 6) is -1.68. The van der Waals surface area contributed by atoms with Gasteiger partial charge in [0.25, 0.3) is 0 Å². The number of hydrogen-bond acceptors (Lipinski definition) is 8. The van der Waals surface area contributed by atoms with Crippen molar-refractivity contribution in [3.8, 4) is 0 Å². The van der Waals surface area contributed by atoms with Crippen molar-refractivity contribution in [2.45, 2.75) is 35.3 Å². The second-order valence-electron chi connectivity index (χ2n) is 8.26. The van der Waals surface area contributed by atoms with Crippen LogP contribution in [0.4, 0.5) is 5.69 Å². The fraction of sp³-hybridized carbons (Fsp3) is 0.208. The lowest BCUT2D eigenvalue weighted by molar-refractivity contribution is -0.119. The van der Waals surface area contributed by atoms with Crippen molar-refractivity contribution in [2.24, 2.45) is 0 Å². The highest BCUT2D eigenvalue weighted by Gasteiger charge is 2.31. The lowest BCUT2D eigenvalue weighted by atomic mass is 10.0. The quantitative estimate of drug-likeness (QED) is 0.378. The first-order chi connectivity index (χ1) is 16.7. The lowest BCUT2D eigenvalue weighted by Crippen LogP contribution is -2.37. The zero-order chi connectivity index (χ0) is 26.8. The van der Waals surface area contributed by atoms with Gasteiger partial charge < -0.3 is 20.8 Å². The number of hydrogen-bond donors (Lipinski definition) is 4. The van der Waals surface area contributed by atoms with Gasteiger partial charge in [0.1, 0.15) is 11.0 Å². The minimum absolute atomic E-state index is 0.000761. The first-order valence-corrected chi connectivity index (χ1v) is 14.4. The average molecular weight is 553 g/mol. The number of nitrogens with one attached hydrogen (secondary N) is 2. The SMILES string of the molecule is Cc1ccc(S(=O)(=O)C(C)C(=O)NC2=C(Cl)CC(=C(O)Nc3ccc(S(C)(=O)=O)cc3)C(O)=C2)cc1. The van der Waals surface area contributed by atoms with E-state index in [-0.39, 0.29) is 32.5 Å². The zero-order valence-corrected chi connectivity index (χ0v) is 22.0. The first-order valence-electron chi connectivity index (χ1n) is 10.6. The number of aliphatic hydroxyl groups is 2. The van der Waals surface area contributed by atoms with Crippen LogP contribution in [0.3, 0.4) is 0 Å². The summed E-state index contributed by atoms with van der Waals surface area (Å²) in [7, 11) is -7.35. The molecule has 1 atom stereocenters. The van der Waals surface area contributed by atoms with Crippen LogP contribution < -0.4 is 10.6 Å². The van der Waals surface area contributed by atoms with E-state index in [1.807, 2.05) is 6.92 Å². The predicted octanol–water partition coefficient (Wildman–Crippen LogP) is 3.85. The molecule has 0 spiro atoms. The van der Waals surface area contributed by atoms with Gasteiger partial charge in [-0.2, -0.15) is 0 Å². The van der Waals surface area contributed by atoms with E-state index in [0.29, 0.717) is 5.69 Å². The molecule has 0 aromatic heterocycles. The van der Waals surface area contributed by atoms with Crippen LogP contribution in [0, 0.1) is 6.92 Å². The largest absolute Gasteiger partial charge is 0.507 e. The van der Waals surface area contributed by atoms with Crippen LogP contribution in [0.1, 0.15) is 18.9 Å². The zero-order valence-electron chi connectivity index (χ0n) is 19.6. The summed E-state index contributed by atoms with van der Waals surface area (Å²) in [6.45, 7) is 3.06. The van der Waals surface area contributed by atoms with Gasteiger partial charge in [-0.05, 0) is 50.2 Å². The van der Waals surface area contributed by atoms with Gasteiger partial charge in [-0.1, -0.05) is 29.3 Å². The molecule has 0 saturated heterocycles. The van der Waals surface area contributed by atoms with Gasteiger partial charge in [0.15, 0.2) is 25.6 Å². The first kappa shape index (κ1) is 27.3. The van der Waals surface area contributed by atoms with Crippen LogP contribution in [0.15, 0.2) is 92.3 Å². The van der Waals surface area contributed by atoms with Crippen LogP contribution in [0.25, 0.3) is 0 Å². The van der Waals surface area contributed by atoms with Crippen molar-refractivity contribution >= 4 is 42.9 Å². The van der Waals surface area contributed by atoms with Gasteiger partial charge in [-0.3, -0.25) is 4.79 Å². The highest BCUT2D eigenvalue weighted by molar-refractivity contribution is 7.92. The number of allylic oxidation sites excluding steroid dienone is 3. The number of carbonyl (C=O) groups is 1. The van der Waals surface area contributed by atoms with Gasteiger partial charge in [0.05, 0.1) is 21.1 Å². The van der Waals surface area contributed by atoms with Crippen LogP contribution in [-0.2, 0) is 24.5 Å². The van der Waals surface area contributed by atoms with Crippen LogP contribution in [0.2, 0.25) is 0 Å². The summed E-state index contributed by atoms with van der Waals surface area (Å²) in [5, 5.41) is 24.6. The molecular weight excluding hydrogens is 528 g/mol.